The van der Waals surface area contributed by atoms with Crippen LogP contribution in [0.4, 0.5) is 0 Å². The molecule has 0 aliphatic carbocycles. The number of rotatable bonds is 2. The molecule has 2 aromatic carbocycles. The number of allylic oxidation sites excluding steroid dienone is 1. The highest BCUT2D eigenvalue weighted by Crippen LogP contribution is 2.00. The topological polar surface area (TPSA) is 34.1 Å². The van der Waals surface area contributed by atoms with Gasteiger partial charge in [0.05, 0.1) is 0 Å². The summed E-state index contributed by atoms with van der Waals surface area (Å²) in [6.07, 6.45) is 3.37. The van der Waals surface area contributed by atoms with E-state index < -0.39 is 0 Å². The van der Waals surface area contributed by atoms with Gasteiger partial charge in [-0.1, -0.05) is 60.5 Å². The zero-order chi connectivity index (χ0) is 16.2. The lowest BCUT2D eigenvalue weighted by molar-refractivity contribution is -0.113. The van der Waals surface area contributed by atoms with Crippen LogP contribution in [0, 0.1) is 11.8 Å². The second kappa shape index (κ2) is 9.90. The van der Waals surface area contributed by atoms with Crippen molar-refractivity contribution >= 4 is 17.6 Å². The number of carbonyl (C=O) groups is 2. The predicted octanol–water partition coefficient (Wildman–Crippen LogP) is 3.92. The summed E-state index contributed by atoms with van der Waals surface area (Å²) in [6, 6.07) is 19.2. The number of hydrogen-bond acceptors (Lipinski definition) is 2. The maximum atomic E-state index is 10.5. The van der Waals surface area contributed by atoms with Crippen molar-refractivity contribution in [1.29, 1.82) is 0 Å². The maximum Gasteiger partial charge on any atom is 0.202 e. The molecule has 0 amide bonds. The first-order valence-corrected chi connectivity index (χ1v) is 6.89. The zero-order valence-electron chi connectivity index (χ0n) is 12.7. The minimum Gasteiger partial charge on any atom is -0.295 e. The largest absolute Gasteiger partial charge is 0.295 e. The van der Waals surface area contributed by atoms with Crippen molar-refractivity contribution < 1.29 is 9.59 Å². The lowest BCUT2D eigenvalue weighted by Gasteiger charge is -1.88. The summed E-state index contributed by atoms with van der Waals surface area (Å²) in [6.45, 7) is 3.00. The van der Waals surface area contributed by atoms with Gasteiger partial charge in [0.2, 0.25) is 5.78 Å². The van der Waals surface area contributed by atoms with Gasteiger partial charge in [-0.2, -0.15) is 0 Å². The van der Waals surface area contributed by atoms with Crippen LogP contribution in [0.15, 0.2) is 66.7 Å². The van der Waals surface area contributed by atoms with Crippen LogP contribution >= 0.6 is 0 Å². The summed E-state index contributed by atoms with van der Waals surface area (Å²) < 4.78 is 0. The van der Waals surface area contributed by atoms with E-state index in [4.69, 9.17) is 0 Å². The molecule has 110 valence electrons. The SMILES string of the molecule is CC(=O)C#Cc1ccccc1.CC(=O)C=Cc1ccccc1. The first kappa shape index (κ1) is 17.1. The van der Waals surface area contributed by atoms with Crippen LogP contribution in [0.1, 0.15) is 25.0 Å². The van der Waals surface area contributed by atoms with E-state index in [2.05, 4.69) is 11.8 Å². The van der Waals surface area contributed by atoms with Crippen LogP contribution in [0.3, 0.4) is 0 Å². The Bertz CT molecular complexity index is 687. The second-order valence-corrected chi connectivity index (χ2v) is 4.53. The molecule has 0 saturated heterocycles. The highest BCUT2D eigenvalue weighted by molar-refractivity contribution is 5.93. The Morgan fingerprint density at radius 3 is 1.91 bits per heavy atom. The third-order valence-corrected chi connectivity index (χ3v) is 2.47. The van der Waals surface area contributed by atoms with E-state index in [9.17, 15) is 9.59 Å². The van der Waals surface area contributed by atoms with Gasteiger partial charge in [0.1, 0.15) is 0 Å². The van der Waals surface area contributed by atoms with E-state index in [0.29, 0.717) is 0 Å². The molecule has 2 aromatic rings. The fraction of sp³-hybridized carbons (Fsp3) is 0.100. The molecule has 2 rings (SSSR count). The van der Waals surface area contributed by atoms with E-state index in [0.717, 1.165) is 11.1 Å². The average molecular weight is 290 g/mol. The van der Waals surface area contributed by atoms with E-state index >= 15 is 0 Å². The van der Waals surface area contributed by atoms with Crippen LogP contribution in [0.25, 0.3) is 6.08 Å². The summed E-state index contributed by atoms with van der Waals surface area (Å²) in [7, 11) is 0. The van der Waals surface area contributed by atoms with E-state index in [1.165, 1.54) is 6.92 Å². The number of Topliss-reactive ketones (excluding diaryl/α,β-unsaturated/α-hetero) is 1. The molecule has 0 spiro atoms. The van der Waals surface area contributed by atoms with Crippen LogP contribution in [0.5, 0.6) is 0 Å². The minimum atomic E-state index is -0.103. The monoisotopic (exact) mass is 290 g/mol. The molecule has 0 bridgehead atoms. The summed E-state index contributed by atoms with van der Waals surface area (Å²) in [5, 5.41) is 0. The summed E-state index contributed by atoms with van der Waals surface area (Å²) in [5.74, 6) is 5.19. The van der Waals surface area contributed by atoms with Crippen molar-refractivity contribution in [2.75, 3.05) is 0 Å². The van der Waals surface area contributed by atoms with Crippen LogP contribution in [-0.2, 0) is 9.59 Å². The third kappa shape index (κ3) is 8.29. The standard InChI is InChI=1S/C10H10O.C10H8O/c2*1-9(11)7-8-10-5-3-2-4-6-10/h2-8H,1H3;2-6H,1H3. The molecule has 0 N–H and O–H groups in total. The van der Waals surface area contributed by atoms with Gasteiger partial charge < -0.3 is 0 Å². The van der Waals surface area contributed by atoms with Gasteiger partial charge in [-0.05, 0) is 36.6 Å². The fourth-order valence-corrected chi connectivity index (χ4v) is 1.46. The molecular weight excluding hydrogens is 272 g/mol. The maximum absolute atomic E-state index is 10.5. The Labute approximate surface area is 131 Å². The Balaban J connectivity index is 0.000000220. The molecule has 0 saturated carbocycles. The van der Waals surface area contributed by atoms with Gasteiger partial charge in [0.25, 0.3) is 0 Å². The first-order valence-electron chi connectivity index (χ1n) is 6.89. The lowest BCUT2D eigenvalue weighted by Crippen LogP contribution is -1.80. The van der Waals surface area contributed by atoms with Crippen molar-refractivity contribution in [2.24, 2.45) is 0 Å². The van der Waals surface area contributed by atoms with Gasteiger partial charge >= 0.3 is 0 Å². The number of ketones is 2. The lowest BCUT2D eigenvalue weighted by atomic mass is 10.2. The second-order valence-electron chi connectivity index (χ2n) is 4.53. The Hall–Kier alpha value is -2.92. The molecular formula is C20H18O2. The van der Waals surface area contributed by atoms with Crippen LogP contribution in [0.2, 0.25) is 0 Å². The van der Waals surface area contributed by atoms with Gasteiger partial charge in [-0.3, -0.25) is 9.59 Å². The molecule has 0 unspecified atom stereocenters. The Kier molecular flexibility index (Phi) is 7.71. The van der Waals surface area contributed by atoms with Crippen LogP contribution in [-0.4, -0.2) is 11.6 Å². The van der Waals surface area contributed by atoms with Gasteiger partial charge in [0.15, 0.2) is 5.78 Å². The highest BCUT2D eigenvalue weighted by Gasteiger charge is 1.84. The Morgan fingerprint density at radius 1 is 0.864 bits per heavy atom. The van der Waals surface area contributed by atoms with Crippen LogP contribution < -0.4 is 0 Å². The van der Waals surface area contributed by atoms with Gasteiger partial charge in [-0.15, -0.1) is 0 Å². The minimum absolute atomic E-state index is 0.0776. The number of carbonyl (C=O) groups excluding carboxylic acids is 2. The van der Waals surface area contributed by atoms with Gasteiger partial charge in [0, 0.05) is 12.5 Å². The summed E-state index contributed by atoms with van der Waals surface area (Å²) in [5.41, 5.74) is 1.94. The molecule has 0 radical (unpaired) electrons. The smallest absolute Gasteiger partial charge is 0.202 e. The summed E-state index contributed by atoms with van der Waals surface area (Å²) >= 11 is 0. The van der Waals surface area contributed by atoms with E-state index in [-0.39, 0.29) is 11.6 Å². The number of hydrogen-bond donors (Lipinski definition) is 0. The van der Waals surface area contributed by atoms with Crippen molar-refractivity contribution in [3.05, 3.63) is 77.9 Å². The average Bonchev–Trinajstić information content (AvgIpc) is 2.53. The molecule has 0 aromatic heterocycles. The fourth-order valence-electron chi connectivity index (χ4n) is 1.46. The molecule has 2 nitrogen and oxygen atoms in total. The molecule has 22 heavy (non-hydrogen) atoms. The molecule has 0 fully saturated rings. The molecule has 0 aliphatic heterocycles. The molecule has 2 heteroatoms. The quantitative estimate of drug-likeness (QED) is 0.620. The molecule has 0 aliphatic rings. The summed E-state index contributed by atoms with van der Waals surface area (Å²) in [4.78, 5) is 21.0. The van der Waals surface area contributed by atoms with Crippen molar-refractivity contribution in [1.82, 2.24) is 0 Å². The van der Waals surface area contributed by atoms with Crippen molar-refractivity contribution in [2.45, 2.75) is 13.8 Å². The normalized spacial score (nSPS) is 9.18. The Morgan fingerprint density at radius 2 is 1.41 bits per heavy atom. The van der Waals surface area contributed by atoms with E-state index in [1.807, 2.05) is 66.7 Å². The van der Waals surface area contributed by atoms with Crippen molar-refractivity contribution in [3.8, 4) is 11.8 Å². The molecule has 0 heterocycles. The van der Waals surface area contributed by atoms with Crippen molar-refractivity contribution in [3.63, 3.8) is 0 Å². The van der Waals surface area contributed by atoms with E-state index in [1.54, 1.807) is 13.0 Å². The molecule has 0 atom stereocenters. The third-order valence-electron chi connectivity index (χ3n) is 2.47. The number of benzene rings is 2. The highest BCUT2D eigenvalue weighted by atomic mass is 16.1. The predicted molar refractivity (Wildman–Crippen MR) is 90.2 cm³/mol. The zero-order valence-corrected chi connectivity index (χ0v) is 12.7. The van der Waals surface area contributed by atoms with Gasteiger partial charge in [-0.25, -0.2) is 0 Å². The first-order chi connectivity index (χ1) is 10.6.